The predicted octanol–water partition coefficient (Wildman–Crippen LogP) is 0.922. The maximum Gasteiger partial charge on any atom is 0.124 e. The van der Waals surface area contributed by atoms with Gasteiger partial charge in [-0.3, -0.25) is 0 Å². The van der Waals surface area contributed by atoms with Gasteiger partial charge in [-0.15, -0.1) is 0 Å². The fraction of sp³-hybridized carbons (Fsp3) is 0.400. The van der Waals surface area contributed by atoms with Gasteiger partial charge in [0.15, 0.2) is 0 Å². The van der Waals surface area contributed by atoms with Crippen LogP contribution in [0.1, 0.15) is 5.56 Å². The Kier molecular flexibility index (Phi) is 2.56. The first kappa shape index (κ1) is 9.30. The highest BCUT2D eigenvalue weighted by Crippen LogP contribution is 2.33. The summed E-state index contributed by atoms with van der Waals surface area (Å²) in [5, 5.41) is 3.33. The number of nitrogens with two attached hydrogens (primary N) is 1. The van der Waals surface area contributed by atoms with Gasteiger partial charge in [0.25, 0.3) is 0 Å². The van der Waals surface area contributed by atoms with Gasteiger partial charge in [-0.1, -0.05) is 6.07 Å². The van der Waals surface area contributed by atoms with Gasteiger partial charge < -0.3 is 14.9 Å². The van der Waals surface area contributed by atoms with Crippen molar-refractivity contribution in [1.29, 1.82) is 0 Å². The van der Waals surface area contributed by atoms with Crippen molar-refractivity contribution in [3.05, 3.63) is 23.8 Å². The lowest BCUT2D eigenvalue weighted by Crippen LogP contribution is -2.24. The molecule has 0 saturated heterocycles. The monoisotopic (exact) mass is 194 g/mol. The van der Waals surface area contributed by atoms with Crippen LogP contribution < -0.4 is 16.0 Å². The average Bonchev–Trinajstić information content (AvgIpc) is 2.60. The Labute approximate surface area is 83.0 Å². The highest BCUT2D eigenvalue weighted by Gasteiger charge is 2.23. The number of nitrogens with one attached hydrogen (secondary N) is 1. The third-order valence-corrected chi connectivity index (χ3v) is 2.46. The third kappa shape index (κ3) is 1.54. The summed E-state index contributed by atoms with van der Waals surface area (Å²) in [5.41, 5.74) is 2.32. The van der Waals surface area contributed by atoms with Crippen LogP contribution >= 0.6 is 0 Å². The fourth-order valence-electron chi connectivity index (χ4n) is 1.84. The van der Waals surface area contributed by atoms with E-state index in [1.165, 1.54) is 5.56 Å². The number of hydrogen-bond acceptors (Lipinski definition) is 4. The molecule has 1 atom stereocenters. The molecule has 4 heteroatoms. The van der Waals surface area contributed by atoms with E-state index in [0.717, 1.165) is 17.9 Å². The van der Waals surface area contributed by atoms with E-state index >= 15 is 0 Å². The van der Waals surface area contributed by atoms with Gasteiger partial charge in [0.1, 0.15) is 5.75 Å². The summed E-state index contributed by atoms with van der Waals surface area (Å²) >= 11 is 0. The van der Waals surface area contributed by atoms with Crippen LogP contribution in [0.4, 0.5) is 5.69 Å². The summed E-state index contributed by atoms with van der Waals surface area (Å²) in [7, 11) is 1.68. The van der Waals surface area contributed by atoms with E-state index < -0.39 is 0 Å². The Morgan fingerprint density at radius 1 is 1.57 bits per heavy atom. The van der Waals surface area contributed by atoms with Crippen LogP contribution in [0.5, 0.6) is 5.75 Å². The first-order valence-corrected chi connectivity index (χ1v) is 4.59. The molecule has 0 radical (unpaired) electrons. The molecule has 3 N–H and O–H groups in total. The summed E-state index contributed by atoms with van der Waals surface area (Å²) in [6.07, 6.45) is 0.899. The van der Waals surface area contributed by atoms with Crippen molar-refractivity contribution in [2.24, 2.45) is 5.90 Å². The maximum atomic E-state index is 5.27. The Bertz CT molecular complexity index is 328. The number of rotatable bonds is 3. The molecule has 0 fully saturated rings. The molecule has 4 nitrogen and oxygen atoms in total. The van der Waals surface area contributed by atoms with Crippen molar-refractivity contribution in [3.8, 4) is 5.75 Å². The van der Waals surface area contributed by atoms with Gasteiger partial charge >= 0.3 is 0 Å². The number of methoxy groups -OCH3 is 1. The molecule has 1 aromatic carbocycles. The minimum Gasteiger partial charge on any atom is -0.496 e. The number of hydrogen-bond donors (Lipinski definition) is 2. The molecule has 1 aromatic rings. The molecule has 0 amide bonds. The van der Waals surface area contributed by atoms with Crippen molar-refractivity contribution in [3.63, 3.8) is 0 Å². The van der Waals surface area contributed by atoms with E-state index in [1.54, 1.807) is 7.11 Å². The van der Waals surface area contributed by atoms with E-state index in [4.69, 9.17) is 10.6 Å². The van der Waals surface area contributed by atoms with Gasteiger partial charge in [0, 0.05) is 17.7 Å². The van der Waals surface area contributed by atoms with Crippen LogP contribution in [0.15, 0.2) is 18.2 Å². The van der Waals surface area contributed by atoms with Crippen LogP contribution in [-0.2, 0) is 11.3 Å². The molecule has 0 aliphatic carbocycles. The zero-order chi connectivity index (χ0) is 9.97. The van der Waals surface area contributed by atoms with Gasteiger partial charge in [-0.25, -0.2) is 5.90 Å². The Morgan fingerprint density at radius 2 is 2.43 bits per heavy atom. The van der Waals surface area contributed by atoms with Crippen LogP contribution in [-0.4, -0.2) is 19.8 Å². The normalized spacial score (nSPS) is 18.9. The summed E-state index contributed by atoms with van der Waals surface area (Å²) in [5.74, 6) is 5.97. The Balaban J connectivity index is 2.21. The second-order valence-electron chi connectivity index (χ2n) is 3.37. The lowest BCUT2D eigenvalue weighted by molar-refractivity contribution is 0.129. The van der Waals surface area contributed by atoms with E-state index in [-0.39, 0.29) is 6.04 Å². The van der Waals surface area contributed by atoms with Crippen molar-refractivity contribution in [2.45, 2.75) is 12.5 Å². The molecule has 0 bridgehead atoms. The lowest BCUT2D eigenvalue weighted by Gasteiger charge is -2.07. The lowest BCUT2D eigenvalue weighted by atomic mass is 10.1. The Hall–Kier alpha value is -1.26. The molecule has 1 unspecified atom stereocenters. The van der Waals surface area contributed by atoms with Crippen molar-refractivity contribution >= 4 is 5.69 Å². The summed E-state index contributed by atoms with van der Waals surface area (Å²) in [6, 6.07) is 6.22. The largest absolute Gasteiger partial charge is 0.496 e. The SMILES string of the molecule is COc1cccc2c1CC(CON)N2. The number of anilines is 1. The van der Waals surface area contributed by atoms with E-state index in [1.807, 2.05) is 18.2 Å². The van der Waals surface area contributed by atoms with Gasteiger partial charge in [-0.05, 0) is 12.1 Å². The van der Waals surface area contributed by atoms with Crippen molar-refractivity contribution < 1.29 is 9.57 Å². The summed E-state index contributed by atoms with van der Waals surface area (Å²) < 4.78 is 5.27. The molecule has 76 valence electrons. The molecular weight excluding hydrogens is 180 g/mol. The number of benzene rings is 1. The van der Waals surface area contributed by atoms with E-state index in [0.29, 0.717) is 6.61 Å². The van der Waals surface area contributed by atoms with Crippen LogP contribution in [0, 0.1) is 0 Å². The third-order valence-electron chi connectivity index (χ3n) is 2.46. The maximum absolute atomic E-state index is 5.27. The van der Waals surface area contributed by atoms with Crippen LogP contribution in [0.25, 0.3) is 0 Å². The quantitative estimate of drug-likeness (QED) is 0.702. The van der Waals surface area contributed by atoms with Crippen molar-refractivity contribution in [1.82, 2.24) is 0 Å². The highest BCUT2D eigenvalue weighted by molar-refractivity contribution is 5.62. The molecule has 2 rings (SSSR count). The predicted molar refractivity (Wildman–Crippen MR) is 54.2 cm³/mol. The first-order chi connectivity index (χ1) is 6.85. The minimum absolute atomic E-state index is 0.256. The molecule has 0 saturated carbocycles. The van der Waals surface area contributed by atoms with Crippen LogP contribution in [0.3, 0.4) is 0 Å². The molecule has 14 heavy (non-hydrogen) atoms. The highest BCUT2D eigenvalue weighted by atomic mass is 16.6. The first-order valence-electron chi connectivity index (χ1n) is 4.59. The zero-order valence-corrected chi connectivity index (χ0v) is 8.12. The standard InChI is InChI=1S/C10H14N2O2/c1-13-10-4-2-3-9-8(10)5-7(12-9)6-14-11/h2-4,7,12H,5-6,11H2,1H3. The summed E-state index contributed by atoms with van der Waals surface area (Å²) in [6.45, 7) is 0.512. The second-order valence-corrected chi connectivity index (χ2v) is 3.37. The molecule has 1 aliphatic heterocycles. The fourth-order valence-corrected chi connectivity index (χ4v) is 1.84. The molecule has 0 spiro atoms. The van der Waals surface area contributed by atoms with Gasteiger partial charge in [-0.2, -0.15) is 0 Å². The topological polar surface area (TPSA) is 56.5 Å². The number of ether oxygens (including phenoxy) is 1. The van der Waals surface area contributed by atoms with Gasteiger partial charge in [0.2, 0.25) is 0 Å². The summed E-state index contributed by atoms with van der Waals surface area (Å²) in [4.78, 5) is 4.63. The molecule has 1 aliphatic rings. The average molecular weight is 194 g/mol. The Morgan fingerprint density at radius 3 is 3.14 bits per heavy atom. The minimum atomic E-state index is 0.256. The van der Waals surface area contributed by atoms with Gasteiger partial charge in [0.05, 0.1) is 19.8 Å². The van der Waals surface area contributed by atoms with E-state index in [2.05, 4.69) is 10.2 Å². The van der Waals surface area contributed by atoms with Crippen LogP contribution in [0.2, 0.25) is 0 Å². The molecule has 0 aromatic heterocycles. The molecule has 1 heterocycles. The van der Waals surface area contributed by atoms with Crippen molar-refractivity contribution in [2.75, 3.05) is 19.0 Å². The second kappa shape index (κ2) is 3.86. The molecular formula is C10H14N2O2. The zero-order valence-electron chi connectivity index (χ0n) is 8.12. The smallest absolute Gasteiger partial charge is 0.124 e. The van der Waals surface area contributed by atoms with E-state index in [9.17, 15) is 0 Å². The number of fused-ring (bicyclic) bond motifs is 1.